The van der Waals surface area contributed by atoms with Crippen LogP contribution in [0.3, 0.4) is 0 Å². The molecule has 2 nitrogen and oxygen atoms in total. The second-order valence-electron chi connectivity index (χ2n) is 6.44. The molecule has 1 rings (SSSR count). The molecule has 0 aromatic rings. The van der Waals surface area contributed by atoms with Crippen molar-refractivity contribution in [1.29, 1.82) is 0 Å². The lowest BCUT2D eigenvalue weighted by molar-refractivity contribution is 0.0354. The maximum Gasteiger partial charge on any atom is 0.0506 e. The van der Waals surface area contributed by atoms with E-state index < -0.39 is 0 Å². The molecule has 3 heteroatoms. The van der Waals surface area contributed by atoms with Gasteiger partial charge in [-0.05, 0) is 49.8 Å². The number of ether oxygens (including phenoxy) is 1. The number of hydrogen-bond acceptors (Lipinski definition) is 3. The number of rotatable bonds is 9. The third-order valence-electron chi connectivity index (χ3n) is 4.33. The molecule has 0 bridgehead atoms. The monoisotopic (exact) mass is 287 g/mol. The average molecular weight is 288 g/mol. The molecule has 0 saturated carbocycles. The maximum atomic E-state index is 5.59. The van der Waals surface area contributed by atoms with Crippen LogP contribution >= 0.6 is 12.6 Å². The molecule has 1 aliphatic rings. The highest BCUT2D eigenvalue weighted by Gasteiger charge is 2.29. The molecule has 0 amide bonds. The summed E-state index contributed by atoms with van der Waals surface area (Å²) in [4.78, 5) is 2.53. The van der Waals surface area contributed by atoms with E-state index in [0.717, 1.165) is 24.9 Å². The lowest BCUT2D eigenvalue weighted by Gasteiger charge is -2.37. The van der Waals surface area contributed by atoms with Crippen molar-refractivity contribution in [2.24, 2.45) is 11.3 Å². The van der Waals surface area contributed by atoms with Crippen LogP contribution in [0.25, 0.3) is 0 Å². The summed E-state index contributed by atoms with van der Waals surface area (Å²) < 4.78 is 5.59. The number of thiol groups is 1. The van der Waals surface area contributed by atoms with E-state index in [0.29, 0.717) is 5.41 Å². The third kappa shape index (κ3) is 6.05. The molecule has 0 N–H and O–H groups in total. The van der Waals surface area contributed by atoms with Crippen molar-refractivity contribution in [3.05, 3.63) is 0 Å². The molecule has 0 spiro atoms. The van der Waals surface area contributed by atoms with Crippen LogP contribution in [-0.4, -0.2) is 44.0 Å². The first kappa shape index (κ1) is 17.3. The van der Waals surface area contributed by atoms with Crippen LogP contribution in [-0.2, 0) is 4.74 Å². The predicted octanol–water partition coefficient (Wildman–Crippen LogP) is 3.86. The van der Waals surface area contributed by atoms with Gasteiger partial charge in [-0.25, -0.2) is 0 Å². The minimum atomic E-state index is 0.414. The van der Waals surface area contributed by atoms with Gasteiger partial charge in [0.05, 0.1) is 6.61 Å². The molecule has 0 radical (unpaired) electrons. The number of nitrogens with zero attached hydrogens (tertiary/aromatic N) is 1. The molecular weight excluding hydrogens is 254 g/mol. The SMILES string of the molecule is CCCC(CS)(CCC)CN(C)CC1CCCOC1. The van der Waals surface area contributed by atoms with E-state index in [4.69, 9.17) is 4.74 Å². The molecule has 19 heavy (non-hydrogen) atoms. The minimum Gasteiger partial charge on any atom is -0.381 e. The standard InChI is InChI=1S/C16H33NOS/c1-4-8-16(14-19,9-5-2)13-17(3)11-15-7-6-10-18-12-15/h15,19H,4-14H2,1-3H3. The fraction of sp³-hybridized carbons (Fsp3) is 1.00. The van der Waals surface area contributed by atoms with Gasteiger partial charge < -0.3 is 9.64 Å². The summed E-state index contributed by atoms with van der Waals surface area (Å²) in [6.07, 6.45) is 7.70. The third-order valence-corrected chi connectivity index (χ3v) is 5.00. The van der Waals surface area contributed by atoms with Crippen molar-refractivity contribution >= 4 is 12.6 Å². The van der Waals surface area contributed by atoms with Crippen molar-refractivity contribution in [3.63, 3.8) is 0 Å². The van der Waals surface area contributed by atoms with Gasteiger partial charge in [0.15, 0.2) is 0 Å². The Morgan fingerprint density at radius 2 is 1.95 bits per heavy atom. The van der Waals surface area contributed by atoms with Crippen molar-refractivity contribution in [3.8, 4) is 0 Å². The fourth-order valence-electron chi connectivity index (χ4n) is 3.58. The summed E-state index contributed by atoms with van der Waals surface area (Å²) in [6, 6.07) is 0. The largest absolute Gasteiger partial charge is 0.381 e. The van der Waals surface area contributed by atoms with Crippen LogP contribution in [0, 0.1) is 11.3 Å². The Morgan fingerprint density at radius 1 is 1.26 bits per heavy atom. The summed E-state index contributed by atoms with van der Waals surface area (Å²) in [7, 11) is 2.28. The summed E-state index contributed by atoms with van der Waals surface area (Å²) in [6.45, 7) is 8.88. The Balaban J connectivity index is 2.46. The Bertz CT molecular complexity index is 223. The zero-order chi connectivity index (χ0) is 14.1. The maximum absolute atomic E-state index is 5.59. The minimum absolute atomic E-state index is 0.414. The van der Waals surface area contributed by atoms with Gasteiger partial charge in [0.2, 0.25) is 0 Å². The molecule has 0 aliphatic carbocycles. The van der Waals surface area contributed by atoms with Crippen LogP contribution in [0.2, 0.25) is 0 Å². The zero-order valence-corrected chi connectivity index (χ0v) is 14.1. The average Bonchev–Trinajstić information content (AvgIpc) is 2.40. The Labute approximate surface area is 125 Å². The highest BCUT2D eigenvalue weighted by Crippen LogP contribution is 2.32. The van der Waals surface area contributed by atoms with Crippen LogP contribution in [0.4, 0.5) is 0 Å². The molecular formula is C16H33NOS. The second-order valence-corrected chi connectivity index (χ2v) is 6.75. The molecule has 114 valence electrons. The van der Waals surface area contributed by atoms with Crippen LogP contribution in [0.5, 0.6) is 0 Å². The highest BCUT2D eigenvalue weighted by molar-refractivity contribution is 7.80. The molecule has 1 fully saturated rings. The molecule has 1 heterocycles. The first-order valence-corrected chi connectivity index (χ1v) is 8.66. The molecule has 0 aromatic carbocycles. The Morgan fingerprint density at radius 3 is 2.42 bits per heavy atom. The van der Waals surface area contributed by atoms with E-state index in [2.05, 4.69) is 38.4 Å². The van der Waals surface area contributed by atoms with Crippen LogP contribution in [0.15, 0.2) is 0 Å². The topological polar surface area (TPSA) is 12.5 Å². The molecule has 1 atom stereocenters. The van der Waals surface area contributed by atoms with E-state index >= 15 is 0 Å². The normalized spacial score (nSPS) is 21.0. The van der Waals surface area contributed by atoms with Crippen LogP contribution < -0.4 is 0 Å². The van der Waals surface area contributed by atoms with Gasteiger partial charge in [0.1, 0.15) is 0 Å². The molecule has 1 saturated heterocycles. The summed E-state index contributed by atoms with van der Waals surface area (Å²) in [5, 5.41) is 0. The van der Waals surface area contributed by atoms with Gasteiger partial charge in [-0.2, -0.15) is 12.6 Å². The van der Waals surface area contributed by atoms with Crippen molar-refractivity contribution < 1.29 is 4.74 Å². The summed E-state index contributed by atoms with van der Waals surface area (Å²) in [5.41, 5.74) is 0.414. The number of hydrogen-bond donors (Lipinski definition) is 1. The van der Waals surface area contributed by atoms with E-state index in [1.807, 2.05) is 0 Å². The van der Waals surface area contributed by atoms with Gasteiger partial charge in [0.25, 0.3) is 0 Å². The van der Waals surface area contributed by atoms with Crippen LogP contribution in [0.1, 0.15) is 52.4 Å². The summed E-state index contributed by atoms with van der Waals surface area (Å²) in [5.74, 6) is 1.75. The second kappa shape index (κ2) is 9.25. The summed E-state index contributed by atoms with van der Waals surface area (Å²) >= 11 is 4.66. The van der Waals surface area contributed by atoms with E-state index in [1.54, 1.807) is 0 Å². The molecule has 1 aliphatic heterocycles. The van der Waals surface area contributed by atoms with Gasteiger partial charge in [-0.15, -0.1) is 0 Å². The lowest BCUT2D eigenvalue weighted by Crippen LogP contribution is -2.40. The zero-order valence-electron chi connectivity index (χ0n) is 13.2. The highest BCUT2D eigenvalue weighted by atomic mass is 32.1. The van der Waals surface area contributed by atoms with Crippen molar-refractivity contribution in [2.45, 2.75) is 52.4 Å². The first-order chi connectivity index (χ1) is 9.15. The van der Waals surface area contributed by atoms with E-state index in [1.165, 1.54) is 51.6 Å². The quantitative estimate of drug-likeness (QED) is 0.647. The first-order valence-electron chi connectivity index (χ1n) is 8.03. The van der Waals surface area contributed by atoms with Gasteiger partial charge in [-0.3, -0.25) is 0 Å². The van der Waals surface area contributed by atoms with Gasteiger partial charge in [-0.1, -0.05) is 26.7 Å². The molecule has 0 aromatic heterocycles. The van der Waals surface area contributed by atoms with Gasteiger partial charge in [0, 0.05) is 19.7 Å². The van der Waals surface area contributed by atoms with Gasteiger partial charge >= 0.3 is 0 Å². The van der Waals surface area contributed by atoms with E-state index in [9.17, 15) is 0 Å². The lowest BCUT2D eigenvalue weighted by atomic mass is 9.80. The van der Waals surface area contributed by atoms with E-state index in [-0.39, 0.29) is 0 Å². The molecule has 1 unspecified atom stereocenters. The smallest absolute Gasteiger partial charge is 0.0506 e. The Kier molecular flexibility index (Phi) is 8.43. The van der Waals surface area contributed by atoms with Crippen molar-refractivity contribution in [1.82, 2.24) is 4.90 Å². The fourth-order valence-corrected chi connectivity index (χ4v) is 4.00. The predicted molar refractivity (Wildman–Crippen MR) is 87.1 cm³/mol. The van der Waals surface area contributed by atoms with Crippen molar-refractivity contribution in [2.75, 3.05) is 39.1 Å². The Hall–Kier alpha value is 0.270.